The quantitative estimate of drug-likeness (QED) is 0.235. The zero-order chi connectivity index (χ0) is 16.8. The fourth-order valence-corrected chi connectivity index (χ4v) is 2.82. The number of alkyl halides is 1. The van der Waals surface area contributed by atoms with Gasteiger partial charge in [0, 0.05) is 17.9 Å². The Morgan fingerprint density at radius 3 is 2.43 bits per heavy atom. The maximum atomic E-state index is 12.2. The average Bonchev–Trinajstić information content (AvgIpc) is 2.60. The van der Waals surface area contributed by atoms with Gasteiger partial charge in [-0.2, -0.15) is 0 Å². The fourth-order valence-electron chi connectivity index (χ4n) is 2.74. The van der Waals surface area contributed by atoms with Crippen molar-refractivity contribution in [3.63, 3.8) is 0 Å². The molecular weight excluding hydrogens is 308 g/mol. The summed E-state index contributed by atoms with van der Waals surface area (Å²) < 4.78 is 5.82. The van der Waals surface area contributed by atoms with Crippen LogP contribution in [0.3, 0.4) is 0 Å². The van der Waals surface area contributed by atoms with E-state index in [0.717, 1.165) is 18.4 Å². The molecule has 0 aliphatic rings. The lowest BCUT2D eigenvalue weighted by molar-refractivity contribution is 0.0473. The Labute approximate surface area is 146 Å². The van der Waals surface area contributed by atoms with Crippen molar-refractivity contribution >= 4 is 17.4 Å². The van der Waals surface area contributed by atoms with Crippen LogP contribution in [-0.4, -0.2) is 24.4 Å². The highest BCUT2D eigenvalue weighted by Gasteiger charge is 2.13. The van der Waals surface area contributed by atoms with Crippen molar-refractivity contribution in [3.05, 3.63) is 35.9 Å². The van der Waals surface area contributed by atoms with E-state index in [1.807, 2.05) is 30.3 Å². The number of carbonyl (C=O) groups is 1. The van der Waals surface area contributed by atoms with Crippen LogP contribution in [-0.2, 0) is 4.74 Å². The standard InChI is InChI=1S/C20H31ClO2/c1-2-3-4-5-6-10-13-19(23-17-16-21)14-15-20(22)18-11-8-7-9-12-18/h7-9,11-12,19H,2-6,10,13-17H2,1H3. The highest BCUT2D eigenvalue weighted by atomic mass is 35.5. The molecular formula is C20H31ClO2. The van der Waals surface area contributed by atoms with Crippen LogP contribution >= 0.6 is 11.6 Å². The first-order valence-electron chi connectivity index (χ1n) is 9.03. The summed E-state index contributed by atoms with van der Waals surface area (Å²) in [5.74, 6) is 0.715. The average molecular weight is 339 g/mol. The molecule has 0 aliphatic heterocycles. The molecule has 0 heterocycles. The maximum absolute atomic E-state index is 12.2. The Kier molecular flexibility index (Phi) is 11.9. The molecule has 1 atom stereocenters. The number of hydrogen-bond donors (Lipinski definition) is 0. The molecule has 0 aromatic heterocycles. The molecule has 0 radical (unpaired) electrons. The summed E-state index contributed by atoms with van der Waals surface area (Å²) in [5, 5.41) is 0. The van der Waals surface area contributed by atoms with Crippen LogP contribution in [0.25, 0.3) is 0 Å². The second-order valence-corrected chi connectivity index (χ2v) is 6.44. The Balaban J connectivity index is 2.28. The van der Waals surface area contributed by atoms with Gasteiger partial charge in [-0.15, -0.1) is 11.6 Å². The molecule has 0 saturated carbocycles. The molecule has 0 N–H and O–H groups in total. The SMILES string of the molecule is CCCCCCCCC(CCC(=O)c1ccccc1)OCCCl. The first-order valence-corrected chi connectivity index (χ1v) is 9.57. The predicted octanol–water partition coefficient (Wildman–Crippen LogP) is 6.02. The lowest BCUT2D eigenvalue weighted by Gasteiger charge is -2.17. The van der Waals surface area contributed by atoms with Gasteiger partial charge in [0.2, 0.25) is 0 Å². The van der Waals surface area contributed by atoms with Crippen molar-refractivity contribution in [3.8, 4) is 0 Å². The van der Waals surface area contributed by atoms with Crippen molar-refractivity contribution in [2.24, 2.45) is 0 Å². The molecule has 0 spiro atoms. The monoisotopic (exact) mass is 338 g/mol. The molecule has 1 aromatic rings. The first-order chi connectivity index (χ1) is 11.3. The Hall–Kier alpha value is -0.860. The molecule has 23 heavy (non-hydrogen) atoms. The highest BCUT2D eigenvalue weighted by Crippen LogP contribution is 2.16. The zero-order valence-electron chi connectivity index (χ0n) is 14.4. The van der Waals surface area contributed by atoms with Crippen LogP contribution in [0, 0.1) is 0 Å². The van der Waals surface area contributed by atoms with Crippen LogP contribution in [0.2, 0.25) is 0 Å². The van der Waals surface area contributed by atoms with Crippen molar-refractivity contribution in [2.45, 2.75) is 70.8 Å². The largest absolute Gasteiger partial charge is 0.377 e. The van der Waals surface area contributed by atoms with Gasteiger partial charge in [-0.3, -0.25) is 4.79 Å². The predicted molar refractivity (Wildman–Crippen MR) is 98.5 cm³/mol. The maximum Gasteiger partial charge on any atom is 0.162 e. The third-order valence-electron chi connectivity index (χ3n) is 4.10. The number of carbonyl (C=O) groups excluding carboxylic acids is 1. The summed E-state index contributed by atoms with van der Waals surface area (Å²) in [7, 11) is 0. The summed E-state index contributed by atoms with van der Waals surface area (Å²) in [5.41, 5.74) is 0.795. The minimum absolute atomic E-state index is 0.160. The molecule has 1 rings (SSSR count). The molecule has 0 bridgehead atoms. The summed E-state index contributed by atoms with van der Waals surface area (Å²) in [4.78, 5) is 12.2. The normalized spacial score (nSPS) is 12.3. The number of ether oxygens (including phenoxy) is 1. The molecule has 0 fully saturated rings. The van der Waals surface area contributed by atoms with E-state index < -0.39 is 0 Å². The Bertz CT molecular complexity index is 405. The number of Topliss-reactive ketones (excluding diaryl/α,β-unsaturated/α-hetero) is 1. The van der Waals surface area contributed by atoms with Crippen molar-refractivity contribution in [1.82, 2.24) is 0 Å². The van der Waals surface area contributed by atoms with Gasteiger partial charge in [-0.05, 0) is 12.8 Å². The molecule has 130 valence electrons. The summed E-state index contributed by atoms with van der Waals surface area (Å²) in [6.45, 7) is 2.81. The van der Waals surface area contributed by atoms with Crippen LogP contribution in [0.4, 0.5) is 0 Å². The van der Waals surface area contributed by atoms with Crippen LogP contribution in [0.1, 0.15) is 75.1 Å². The molecule has 1 aromatic carbocycles. The fraction of sp³-hybridized carbons (Fsp3) is 0.650. The Morgan fingerprint density at radius 2 is 1.74 bits per heavy atom. The lowest BCUT2D eigenvalue weighted by atomic mass is 10.0. The van der Waals surface area contributed by atoms with Crippen molar-refractivity contribution < 1.29 is 9.53 Å². The summed E-state index contributed by atoms with van der Waals surface area (Å²) in [6, 6.07) is 9.51. The third kappa shape index (κ3) is 9.78. The van der Waals surface area contributed by atoms with Gasteiger partial charge in [0.1, 0.15) is 0 Å². The summed E-state index contributed by atoms with van der Waals surface area (Å²) in [6.07, 6.45) is 10.2. The van der Waals surface area contributed by atoms with E-state index in [9.17, 15) is 4.79 Å². The number of halogens is 1. The van der Waals surface area contributed by atoms with E-state index in [1.54, 1.807) is 0 Å². The zero-order valence-corrected chi connectivity index (χ0v) is 15.2. The minimum atomic E-state index is 0.160. The highest BCUT2D eigenvalue weighted by molar-refractivity contribution is 6.17. The van der Waals surface area contributed by atoms with E-state index in [2.05, 4.69) is 6.92 Å². The molecule has 3 heteroatoms. The van der Waals surface area contributed by atoms with Gasteiger partial charge in [-0.25, -0.2) is 0 Å². The van der Waals surface area contributed by atoms with E-state index in [-0.39, 0.29) is 11.9 Å². The number of hydrogen-bond acceptors (Lipinski definition) is 2. The topological polar surface area (TPSA) is 26.3 Å². The number of ketones is 1. The number of benzene rings is 1. The van der Waals surface area contributed by atoms with Crippen LogP contribution < -0.4 is 0 Å². The van der Waals surface area contributed by atoms with E-state index in [1.165, 1.54) is 38.5 Å². The van der Waals surface area contributed by atoms with Gasteiger partial charge in [-0.1, -0.05) is 75.8 Å². The van der Waals surface area contributed by atoms with Crippen LogP contribution in [0.5, 0.6) is 0 Å². The molecule has 0 aliphatic carbocycles. The minimum Gasteiger partial charge on any atom is -0.377 e. The van der Waals surface area contributed by atoms with E-state index in [4.69, 9.17) is 16.3 Å². The van der Waals surface area contributed by atoms with Crippen molar-refractivity contribution in [2.75, 3.05) is 12.5 Å². The third-order valence-corrected chi connectivity index (χ3v) is 4.25. The Morgan fingerprint density at radius 1 is 1.04 bits per heavy atom. The molecule has 0 saturated heterocycles. The van der Waals surface area contributed by atoms with Gasteiger partial charge in [0.15, 0.2) is 5.78 Å². The van der Waals surface area contributed by atoms with E-state index >= 15 is 0 Å². The number of rotatable bonds is 14. The summed E-state index contributed by atoms with van der Waals surface area (Å²) >= 11 is 5.73. The van der Waals surface area contributed by atoms with Crippen molar-refractivity contribution in [1.29, 1.82) is 0 Å². The first kappa shape index (κ1) is 20.2. The molecule has 0 amide bonds. The molecule has 2 nitrogen and oxygen atoms in total. The second kappa shape index (κ2) is 13.6. The number of unbranched alkanes of at least 4 members (excludes halogenated alkanes) is 5. The van der Waals surface area contributed by atoms with Gasteiger partial charge < -0.3 is 4.74 Å². The van der Waals surface area contributed by atoms with E-state index in [0.29, 0.717) is 18.9 Å². The second-order valence-electron chi connectivity index (χ2n) is 6.07. The van der Waals surface area contributed by atoms with Gasteiger partial charge >= 0.3 is 0 Å². The smallest absolute Gasteiger partial charge is 0.162 e. The van der Waals surface area contributed by atoms with Crippen LogP contribution in [0.15, 0.2) is 30.3 Å². The molecule has 1 unspecified atom stereocenters. The van der Waals surface area contributed by atoms with Gasteiger partial charge in [0.25, 0.3) is 0 Å². The van der Waals surface area contributed by atoms with Gasteiger partial charge in [0.05, 0.1) is 12.7 Å². The lowest BCUT2D eigenvalue weighted by Crippen LogP contribution is -2.16.